The number of anilines is 1. The molecule has 3 heterocycles. The van der Waals surface area contributed by atoms with Gasteiger partial charge in [-0.05, 0) is 17.3 Å². The van der Waals surface area contributed by atoms with Gasteiger partial charge in [0.15, 0.2) is 5.82 Å². The van der Waals surface area contributed by atoms with Crippen LogP contribution in [0.25, 0.3) is 11.3 Å². The summed E-state index contributed by atoms with van der Waals surface area (Å²) in [7, 11) is 1.44. The number of hydrogen-bond donors (Lipinski definition) is 2. The van der Waals surface area contributed by atoms with Crippen molar-refractivity contribution in [1.29, 1.82) is 0 Å². The molecule has 0 aromatic carbocycles. The number of aromatic nitrogens is 4. The zero-order valence-electron chi connectivity index (χ0n) is 11.0. The minimum atomic E-state index is -0.463. The predicted octanol–water partition coefficient (Wildman–Crippen LogP) is 1.72. The first-order chi connectivity index (χ1) is 10.3. The number of carbonyl (C=O) groups is 1. The molecule has 106 valence electrons. The van der Waals surface area contributed by atoms with Crippen LogP contribution < -0.4 is 10.1 Å². The first-order valence-electron chi connectivity index (χ1n) is 6.04. The van der Waals surface area contributed by atoms with E-state index >= 15 is 0 Å². The third kappa shape index (κ3) is 2.73. The van der Waals surface area contributed by atoms with E-state index in [0.29, 0.717) is 5.82 Å². The molecule has 0 radical (unpaired) electrons. The molecule has 0 bridgehead atoms. The molecule has 8 heteroatoms. The highest BCUT2D eigenvalue weighted by molar-refractivity contribution is 6.02. The van der Waals surface area contributed by atoms with Gasteiger partial charge >= 0.3 is 0 Å². The molecule has 1 amide bonds. The number of aromatic amines is 1. The van der Waals surface area contributed by atoms with Crippen molar-refractivity contribution >= 4 is 11.7 Å². The third-order valence-electron chi connectivity index (χ3n) is 2.71. The Hall–Kier alpha value is -3.16. The minimum Gasteiger partial charge on any atom is -0.479 e. The lowest BCUT2D eigenvalue weighted by Gasteiger charge is -1.96. The van der Waals surface area contributed by atoms with Gasteiger partial charge in [-0.3, -0.25) is 14.9 Å². The van der Waals surface area contributed by atoms with E-state index in [4.69, 9.17) is 9.26 Å². The minimum absolute atomic E-state index is 0.0396. The second-order valence-corrected chi connectivity index (χ2v) is 4.10. The summed E-state index contributed by atoms with van der Waals surface area (Å²) in [5, 5.41) is 13.0. The lowest BCUT2D eigenvalue weighted by atomic mass is 10.2. The summed E-state index contributed by atoms with van der Waals surface area (Å²) < 4.78 is 9.69. The molecule has 2 N–H and O–H groups in total. The van der Waals surface area contributed by atoms with E-state index in [2.05, 4.69) is 25.7 Å². The zero-order chi connectivity index (χ0) is 14.7. The Morgan fingerprint density at radius 1 is 1.43 bits per heavy atom. The van der Waals surface area contributed by atoms with Crippen LogP contribution in [-0.4, -0.2) is 33.4 Å². The molecule has 3 aromatic heterocycles. The SMILES string of the molecule is COc1cc(C(=O)Nc2cc(-c3cccnc3)[nH]n2)on1. The van der Waals surface area contributed by atoms with Crippen LogP contribution in [0.4, 0.5) is 5.82 Å². The second kappa shape index (κ2) is 5.45. The van der Waals surface area contributed by atoms with Crippen LogP contribution in [0.5, 0.6) is 5.88 Å². The largest absolute Gasteiger partial charge is 0.479 e. The Kier molecular flexibility index (Phi) is 3.34. The number of H-pyrrole nitrogens is 1. The quantitative estimate of drug-likeness (QED) is 0.756. The highest BCUT2D eigenvalue weighted by atomic mass is 16.5. The summed E-state index contributed by atoms with van der Waals surface area (Å²) >= 11 is 0. The fourth-order valence-corrected chi connectivity index (χ4v) is 1.70. The Morgan fingerprint density at radius 2 is 2.33 bits per heavy atom. The monoisotopic (exact) mass is 285 g/mol. The van der Waals surface area contributed by atoms with Crippen LogP contribution >= 0.6 is 0 Å². The number of amides is 1. The normalized spacial score (nSPS) is 10.3. The standard InChI is InChI=1S/C13H11N5O3/c1-20-12-6-10(21-18-12)13(19)15-11-5-9(16-17-11)8-3-2-4-14-7-8/h2-7H,1H3,(H2,15,16,17,19). The van der Waals surface area contributed by atoms with Crippen LogP contribution in [0.3, 0.4) is 0 Å². The van der Waals surface area contributed by atoms with E-state index in [1.54, 1.807) is 18.5 Å². The molecule has 0 aliphatic carbocycles. The molecule has 21 heavy (non-hydrogen) atoms. The van der Waals surface area contributed by atoms with Crippen molar-refractivity contribution < 1.29 is 14.1 Å². The van der Waals surface area contributed by atoms with Gasteiger partial charge in [-0.1, -0.05) is 0 Å². The molecule has 0 atom stereocenters. The maximum atomic E-state index is 11.9. The average molecular weight is 285 g/mol. The summed E-state index contributed by atoms with van der Waals surface area (Å²) in [6.07, 6.45) is 3.38. The molecule has 0 saturated heterocycles. The molecule has 3 rings (SSSR count). The third-order valence-corrected chi connectivity index (χ3v) is 2.71. The summed E-state index contributed by atoms with van der Waals surface area (Å²) in [6.45, 7) is 0. The number of methoxy groups -OCH3 is 1. The fourth-order valence-electron chi connectivity index (χ4n) is 1.70. The molecule has 0 saturated carbocycles. The summed E-state index contributed by atoms with van der Waals surface area (Å²) in [4.78, 5) is 15.9. The summed E-state index contributed by atoms with van der Waals surface area (Å²) in [5.74, 6) is 0.181. The van der Waals surface area contributed by atoms with Crippen molar-refractivity contribution in [2.45, 2.75) is 0 Å². The molecular weight excluding hydrogens is 274 g/mol. The molecule has 0 fully saturated rings. The molecule has 8 nitrogen and oxygen atoms in total. The van der Waals surface area contributed by atoms with Gasteiger partial charge in [0.1, 0.15) is 0 Å². The second-order valence-electron chi connectivity index (χ2n) is 4.10. The Balaban J connectivity index is 1.74. The van der Waals surface area contributed by atoms with Gasteiger partial charge in [0.2, 0.25) is 5.76 Å². The highest BCUT2D eigenvalue weighted by Gasteiger charge is 2.15. The average Bonchev–Trinajstić information content (AvgIpc) is 3.17. The molecule has 0 aliphatic heterocycles. The molecule has 0 aliphatic rings. The van der Waals surface area contributed by atoms with Crippen LogP contribution in [0.2, 0.25) is 0 Å². The Labute approximate surface area is 119 Å². The van der Waals surface area contributed by atoms with Gasteiger partial charge in [0.25, 0.3) is 11.8 Å². The Bertz CT molecular complexity index is 750. The van der Waals surface area contributed by atoms with E-state index in [-0.39, 0.29) is 11.6 Å². The van der Waals surface area contributed by atoms with Gasteiger partial charge in [0, 0.05) is 24.0 Å². The number of rotatable bonds is 4. The fraction of sp³-hybridized carbons (Fsp3) is 0.0769. The highest BCUT2D eigenvalue weighted by Crippen LogP contribution is 2.19. The number of ether oxygens (including phenoxy) is 1. The van der Waals surface area contributed by atoms with Crippen molar-refractivity contribution in [3.8, 4) is 17.1 Å². The first kappa shape index (κ1) is 12.9. The first-order valence-corrected chi connectivity index (χ1v) is 6.04. The number of pyridine rings is 1. The molecule has 0 spiro atoms. The van der Waals surface area contributed by atoms with Crippen LogP contribution in [0.1, 0.15) is 10.6 Å². The van der Waals surface area contributed by atoms with E-state index in [1.165, 1.54) is 13.2 Å². The lowest BCUT2D eigenvalue weighted by Crippen LogP contribution is -2.11. The van der Waals surface area contributed by atoms with Crippen LogP contribution in [0.15, 0.2) is 41.2 Å². The van der Waals surface area contributed by atoms with Crippen LogP contribution in [0, 0.1) is 0 Å². The van der Waals surface area contributed by atoms with Gasteiger partial charge in [-0.2, -0.15) is 5.10 Å². The van der Waals surface area contributed by atoms with Crippen molar-refractivity contribution in [3.05, 3.63) is 42.4 Å². The van der Waals surface area contributed by atoms with E-state index in [9.17, 15) is 4.79 Å². The van der Waals surface area contributed by atoms with E-state index < -0.39 is 5.91 Å². The van der Waals surface area contributed by atoms with Gasteiger partial charge < -0.3 is 14.6 Å². The van der Waals surface area contributed by atoms with E-state index in [0.717, 1.165) is 11.3 Å². The molecule has 0 unspecified atom stereocenters. The summed E-state index contributed by atoms with van der Waals surface area (Å²) in [5.41, 5.74) is 1.61. The Morgan fingerprint density at radius 3 is 3.05 bits per heavy atom. The van der Waals surface area contributed by atoms with Gasteiger partial charge in [-0.25, -0.2) is 0 Å². The van der Waals surface area contributed by atoms with E-state index in [1.807, 2.05) is 12.1 Å². The number of nitrogens with one attached hydrogen (secondary N) is 2. The topological polar surface area (TPSA) is 106 Å². The number of carbonyl (C=O) groups excluding carboxylic acids is 1. The van der Waals surface area contributed by atoms with Crippen molar-refractivity contribution in [1.82, 2.24) is 20.3 Å². The number of hydrogen-bond acceptors (Lipinski definition) is 6. The lowest BCUT2D eigenvalue weighted by molar-refractivity contribution is 0.0987. The van der Waals surface area contributed by atoms with Gasteiger partial charge in [0.05, 0.1) is 18.9 Å². The molecular formula is C13H11N5O3. The van der Waals surface area contributed by atoms with Gasteiger partial charge in [-0.15, -0.1) is 0 Å². The number of nitrogens with zero attached hydrogens (tertiary/aromatic N) is 3. The maximum Gasteiger partial charge on any atom is 0.295 e. The van der Waals surface area contributed by atoms with Crippen LogP contribution in [-0.2, 0) is 0 Å². The maximum absolute atomic E-state index is 11.9. The smallest absolute Gasteiger partial charge is 0.295 e. The summed E-state index contributed by atoms with van der Waals surface area (Å²) in [6, 6.07) is 6.79. The van der Waals surface area contributed by atoms with Crippen molar-refractivity contribution in [3.63, 3.8) is 0 Å². The van der Waals surface area contributed by atoms with Crippen molar-refractivity contribution in [2.24, 2.45) is 0 Å². The predicted molar refractivity (Wildman–Crippen MR) is 72.8 cm³/mol. The zero-order valence-corrected chi connectivity index (χ0v) is 11.0. The van der Waals surface area contributed by atoms with Crippen molar-refractivity contribution in [2.75, 3.05) is 12.4 Å². The molecule has 3 aromatic rings.